The molecule has 0 aliphatic carbocycles. The van der Waals surface area contributed by atoms with E-state index in [0.29, 0.717) is 6.04 Å². The van der Waals surface area contributed by atoms with Crippen LogP contribution in [0.1, 0.15) is 30.5 Å². The van der Waals surface area contributed by atoms with Crippen LogP contribution in [-0.4, -0.2) is 13.7 Å². The molecule has 1 atom stereocenters. The second kappa shape index (κ2) is 4.42. The van der Waals surface area contributed by atoms with Gasteiger partial charge in [-0.2, -0.15) is 0 Å². The molecule has 1 aromatic rings. The minimum absolute atomic E-state index is 0.329. The summed E-state index contributed by atoms with van der Waals surface area (Å²) in [4.78, 5) is 0. The fourth-order valence-electron chi connectivity index (χ4n) is 2.14. The first-order valence-electron chi connectivity index (χ1n) is 5.38. The first-order chi connectivity index (χ1) is 7.26. The molecule has 15 heavy (non-hydrogen) atoms. The molecule has 0 spiro atoms. The smallest absolute Gasteiger partial charge is 0.127 e. The van der Waals surface area contributed by atoms with Gasteiger partial charge in [0.1, 0.15) is 5.75 Å². The summed E-state index contributed by atoms with van der Waals surface area (Å²) >= 11 is 6.10. The van der Waals surface area contributed by atoms with Gasteiger partial charge in [0.15, 0.2) is 0 Å². The van der Waals surface area contributed by atoms with Crippen LogP contribution >= 0.6 is 11.6 Å². The van der Waals surface area contributed by atoms with Crippen molar-refractivity contribution in [3.05, 3.63) is 28.3 Å². The van der Waals surface area contributed by atoms with E-state index in [1.165, 1.54) is 11.1 Å². The molecular formula is C12H16ClNO. The predicted molar refractivity (Wildman–Crippen MR) is 62.7 cm³/mol. The Morgan fingerprint density at radius 2 is 2.33 bits per heavy atom. The molecule has 0 saturated carbocycles. The Kier molecular flexibility index (Phi) is 3.17. The standard InChI is InChI=1S/C12H16ClNO/c1-3-11(14-2)10-7-9(13)6-8-4-5-15-12(8)10/h6-7,11,14H,3-5H2,1-2H3. The lowest BCUT2D eigenvalue weighted by atomic mass is 10.0. The Balaban J connectivity index is 2.46. The summed E-state index contributed by atoms with van der Waals surface area (Å²) in [7, 11) is 1.97. The Bertz CT molecular complexity index is 361. The molecule has 0 fully saturated rings. The average Bonchev–Trinajstić information content (AvgIpc) is 2.67. The topological polar surface area (TPSA) is 21.3 Å². The number of benzene rings is 1. The molecule has 1 aliphatic rings. The SMILES string of the molecule is CCC(NC)c1cc(Cl)cc2c1OCC2. The molecule has 0 aromatic heterocycles. The highest BCUT2D eigenvalue weighted by atomic mass is 35.5. The Labute approximate surface area is 95.6 Å². The van der Waals surface area contributed by atoms with Crippen LogP contribution in [0, 0.1) is 0 Å². The van der Waals surface area contributed by atoms with Crippen molar-refractivity contribution < 1.29 is 4.74 Å². The van der Waals surface area contributed by atoms with Crippen LogP contribution in [0.4, 0.5) is 0 Å². The van der Waals surface area contributed by atoms with Gasteiger partial charge in [-0.05, 0) is 31.2 Å². The Morgan fingerprint density at radius 1 is 1.53 bits per heavy atom. The third-order valence-electron chi connectivity index (χ3n) is 2.91. The number of hydrogen-bond donors (Lipinski definition) is 1. The van der Waals surface area contributed by atoms with Gasteiger partial charge in [-0.25, -0.2) is 0 Å². The average molecular weight is 226 g/mol. The van der Waals surface area contributed by atoms with E-state index in [0.717, 1.165) is 30.2 Å². The fraction of sp³-hybridized carbons (Fsp3) is 0.500. The maximum absolute atomic E-state index is 6.10. The van der Waals surface area contributed by atoms with Gasteiger partial charge >= 0.3 is 0 Å². The second-order valence-corrected chi connectivity index (χ2v) is 4.27. The van der Waals surface area contributed by atoms with E-state index in [4.69, 9.17) is 16.3 Å². The van der Waals surface area contributed by atoms with Gasteiger partial charge in [0.2, 0.25) is 0 Å². The van der Waals surface area contributed by atoms with Crippen molar-refractivity contribution in [2.75, 3.05) is 13.7 Å². The maximum Gasteiger partial charge on any atom is 0.127 e. The summed E-state index contributed by atoms with van der Waals surface area (Å²) in [6, 6.07) is 4.35. The van der Waals surface area contributed by atoms with Crippen LogP contribution in [0.5, 0.6) is 5.75 Å². The van der Waals surface area contributed by atoms with Crippen molar-refractivity contribution in [3.8, 4) is 5.75 Å². The molecule has 2 nitrogen and oxygen atoms in total. The zero-order chi connectivity index (χ0) is 10.8. The quantitative estimate of drug-likeness (QED) is 0.854. The van der Waals surface area contributed by atoms with Crippen molar-refractivity contribution >= 4 is 11.6 Å². The molecule has 1 aliphatic heterocycles. The molecule has 0 saturated heterocycles. The molecule has 0 radical (unpaired) electrons. The molecule has 3 heteroatoms. The van der Waals surface area contributed by atoms with Crippen LogP contribution in [-0.2, 0) is 6.42 Å². The highest BCUT2D eigenvalue weighted by Crippen LogP contribution is 2.37. The summed E-state index contributed by atoms with van der Waals surface area (Å²) in [6.07, 6.45) is 2.01. The van der Waals surface area contributed by atoms with Crippen molar-refractivity contribution in [2.45, 2.75) is 25.8 Å². The Morgan fingerprint density at radius 3 is 3.00 bits per heavy atom. The summed E-state index contributed by atoms with van der Waals surface area (Å²) in [5.41, 5.74) is 2.44. The van der Waals surface area contributed by atoms with Gasteiger partial charge in [-0.1, -0.05) is 18.5 Å². The van der Waals surface area contributed by atoms with Crippen LogP contribution in [0.3, 0.4) is 0 Å². The molecule has 1 heterocycles. The summed E-state index contributed by atoms with van der Waals surface area (Å²) in [5, 5.41) is 4.09. The number of ether oxygens (including phenoxy) is 1. The monoisotopic (exact) mass is 225 g/mol. The van der Waals surface area contributed by atoms with E-state index in [-0.39, 0.29) is 0 Å². The molecule has 1 unspecified atom stereocenters. The van der Waals surface area contributed by atoms with Gasteiger partial charge < -0.3 is 10.1 Å². The predicted octanol–water partition coefficient (Wildman–Crippen LogP) is 2.95. The molecule has 1 N–H and O–H groups in total. The minimum Gasteiger partial charge on any atom is -0.493 e. The van der Waals surface area contributed by atoms with Gasteiger partial charge in [0, 0.05) is 23.0 Å². The van der Waals surface area contributed by atoms with E-state index in [9.17, 15) is 0 Å². The van der Waals surface area contributed by atoms with Crippen molar-refractivity contribution in [1.29, 1.82) is 0 Å². The zero-order valence-corrected chi connectivity index (χ0v) is 9.90. The van der Waals surface area contributed by atoms with Crippen LogP contribution in [0.25, 0.3) is 0 Å². The Hall–Kier alpha value is -0.730. The lowest BCUT2D eigenvalue weighted by molar-refractivity contribution is 0.348. The molecule has 0 bridgehead atoms. The van der Waals surface area contributed by atoms with E-state index in [2.05, 4.69) is 12.2 Å². The highest BCUT2D eigenvalue weighted by Gasteiger charge is 2.21. The van der Waals surface area contributed by atoms with Crippen LogP contribution in [0.15, 0.2) is 12.1 Å². The third-order valence-corrected chi connectivity index (χ3v) is 3.13. The second-order valence-electron chi connectivity index (χ2n) is 3.83. The normalized spacial score (nSPS) is 15.9. The first-order valence-corrected chi connectivity index (χ1v) is 5.76. The van der Waals surface area contributed by atoms with Crippen molar-refractivity contribution in [2.24, 2.45) is 0 Å². The molecule has 0 amide bonds. The molecule has 82 valence electrons. The zero-order valence-electron chi connectivity index (χ0n) is 9.14. The lowest BCUT2D eigenvalue weighted by Crippen LogP contribution is -2.16. The van der Waals surface area contributed by atoms with Gasteiger partial charge in [-0.3, -0.25) is 0 Å². The number of halogens is 1. The largest absolute Gasteiger partial charge is 0.493 e. The summed E-state index contributed by atoms with van der Waals surface area (Å²) < 4.78 is 5.67. The van der Waals surface area contributed by atoms with Gasteiger partial charge in [0.25, 0.3) is 0 Å². The maximum atomic E-state index is 6.10. The number of hydrogen-bond acceptors (Lipinski definition) is 2. The first kappa shape index (κ1) is 10.8. The number of fused-ring (bicyclic) bond motifs is 1. The summed E-state index contributed by atoms with van der Waals surface area (Å²) in [6.45, 7) is 2.94. The van der Waals surface area contributed by atoms with E-state index in [1.807, 2.05) is 19.2 Å². The van der Waals surface area contributed by atoms with Crippen molar-refractivity contribution in [3.63, 3.8) is 0 Å². The van der Waals surface area contributed by atoms with Crippen molar-refractivity contribution in [1.82, 2.24) is 5.32 Å². The fourth-order valence-corrected chi connectivity index (χ4v) is 2.39. The van der Waals surface area contributed by atoms with Crippen LogP contribution < -0.4 is 10.1 Å². The summed E-state index contributed by atoms with van der Waals surface area (Å²) in [5.74, 6) is 1.04. The molecule has 1 aromatic carbocycles. The van der Waals surface area contributed by atoms with E-state index in [1.54, 1.807) is 0 Å². The highest BCUT2D eigenvalue weighted by molar-refractivity contribution is 6.30. The molecular weight excluding hydrogens is 210 g/mol. The lowest BCUT2D eigenvalue weighted by Gasteiger charge is -2.17. The number of nitrogens with one attached hydrogen (secondary N) is 1. The van der Waals surface area contributed by atoms with E-state index < -0.39 is 0 Å². The third kappa shape index (κ3) is 1.97. The van der Waals surface area contributed by atoms with Crippen LogP contribution in [0.2, 0.25) is 5.02 Å². The molecule has 2 rings (SSSR count). The number of rotatable bonds is 3. The van der Waals surface area contributed by atoms with Gasteiger partial charge in [-0.15, -0.1) is 0 Å². The van der Waals surface area contributed by atoms with E-state index >= 15 is 0 Å². The van der Waals surface area contributed by atoms with Gasteiger partial charge in [0.05, 0.1) is 6.61 Å². The minimum atomic E-state index is 0.329.